The van der Waals surface area contributed by atoms with Gasteiger partial charge in [0.05, 0.1) is 6.61 Å². The van der Waals surface area contributed by atoms with Gasteiger partial charge in [0.2, 0.25) is 10.0 Å². The summed E-state index contributed by atoms with van der Waals surface area (Å²) in [7, 11) is -2.09. The first-order valence-electron chi connectivity index (χ1n) is 5.39. The summed E-state index contributed by atoms with van der Waals surface area (Å²) >= 11 is 5.73. The fourth-order valence-electron chi connectivity index (χ4n) is 1.20. The molecule has 4 nitrogen and oxygen atoms in total. The number of rotatable bonds is 5. The van der Waals surface area contributed by atoms with Crippen LogP contribution in [0.2, 0.25) is 5.02 Å². The smallest absolute Gasteiger partial charge is 0.236 e. The molecule has 6 heteroatoms. The molecule has 0 aliphatic rings. The van der Waals surface area contributed by atoms with E-state index in [-0.39, 0.29) is 6.61 Å². The molecule has 1 rings (SSSR count). The molecular formula is C12H16ClNO3S. The highest BCUT2D eigenvalue weighted by Gasteiger charge is 2.19. The Morgan fingerprint density at radius 3 is 2.44 bits per heavy atom. The molecule has 0 bridgehead atoms. The van der Waals surface area contributed by atoms with Crippen molar-refractivity contribution in [3.05, 3.63) is 40.3 Å². The minimum Gasteiger partial charge on any atom is -0.395 e. The second-order valence-corrected chi connectivity index (χ2v) is 6.26. The number of sulfonamides is 1. The Bertz CT molecular complexity index is 511. The zero-order valence-corrected chi connectivity index (χ0v) is 11.8. The lowest BCUT2D eigenvalue weighted by Crippen LogP contribution is -2.35. The molecule has 18 heavy (non-hydrogen) atoms. The van der Waals surface area contributed by atoms with Crippen LogP contribution < -0.4 is 0 Å². The van der Waals surface area contributed by atoms with E-state index in [2.05, 4.69) is 0 Å². The third kappa shape index (κ3) is 4.10. The van der Waals surface area contributed by atoms with E-state index in [0.717, 1.165) is 15.3 Å². The highest BCUT2D eigenvalue weighted by atomic mass is 35.5. The molecule has 1 aromatic carbocycles. The van der Waals surface area contributed by atoms with Gasteiger partial charge in [0.1, 0.15) is 0 Å². The van der Waals surface area contributed by atoms with Crippen LogP contribution in [0.5, 0.6) is 0 Å². The van der Waals surface area contributed by atoms with Crippen molar-refractivity contribution < 1.29 is 13.5 Å². The molecule has 0 aliphatic carbocycles. The van der Waals surface area contributed by atoms with Crippen LogP contribution in [0.3, 0.4) is 0 Å². The lowest BCUT2D eigenvalue weighted by molar-refractivity contribution is 0.215. The topological polar surface area (TPSA) is 57.6 Å². The predicted molar refractivity (Wildman–Crippen MR) is 73.7 cm³/mol. The van der Waals surface area contributed by atoms with E-state index < -0.39 is 16.1 Å². The molecule has 0 aliphatic heterocycles. The van der Waals surface area contributed by atoms with E-state index in [9.17, 15) is 8.42 Å². The number of hydrogen-bond acceptors (Lipinski definition) is 3. The van der Waals surface area contributed by atoms with Crippen LogP contribution in [-0.2, 0) is 10.0 Å². The van der Waals surface area contributed by atoms with Crippen molar-refractivity contribution in [3.8, 4) is 0 Å². The molecule has 0 aromatic heterocycles. The fourth-order valence-corrected chi connectivity index (χ4v) is 2.42. The van der Waals surface area contributed by atoms with E-state index in [1.165, 1.54) is 13.1 Å². The number of likely N-dealkylation sites (N-methyl/N-ethyl adjacent to an activating group) is 1. The number of aliphatic hydroxyl groups excluding tert-OH is 1. The zero-order chi connectivity index (χ0) is 13.8. The summed E-state index contributed by atoms with van der Waals surface area (Å²) in [6.45, 7) is 1.41. The van der Waals surface area contributed by atoms with Gasteiger partial charge >= 0.3 is 0 Å². The molecule has 0 saturated carbocycles. The van der Waals surface area contributed by atoms with E-state index in [1.54, 1.807) is 31.2 Å². The number of benzene rings is 1. The first-order chi connectivity index (χ1) is 8.36. The minimum atomic E-state index is -3.52. The number of nitrogens with zero attached hydrogens (tertiary/aromatic N) is 1. The van der Waals surface area contributed by atoms with Gasteiger partial charge in [-0.05, 0) is 30.7 Å². The molecule has 0 radical (unpaired) electrons. The Morgan fingerprint density at radius 1 is 1.39 bits per heavy atom. The standard InChI is InChI=1S/C12H16ClNO3S/c1-10(9-15)14(2)18(16,17)8-7-11-3-5-12(13)6-4-11/h3-8,10,15H,9H2,1-2H3/b8-7+. The van der Waals surface area contributed by atoms with Crippen molar-refractivity contribution >= 4 is 27.7 Å². The van der Waals surface area contributed by atoms with E-state index >= 15 is 0 Å². The van der Waals surface area contributed by atoms with Crippen LogP contribution in [0.1, 0.15) is 12.5 Å². The second-order valence-electron chi connectivity index (χ2n) is 3.95. The molecule has 0 spiro atoms. The maximum absolute atomic E-state index is 11.9. The van der Waals surface area contributed by atoms with Crippen LogP contribution in [0.4, 0.5) is 0 Å². The van der Waals surface area contributed by atoms with E-state index in [1.807, 2.05) is 0 Å². The van der Waals surface area contributed by atoms with Gasteiger partial charge in [-0.15, -0.1) is 0 Å². The quantitative estimate of drug-likeness (QED) is 0.901. The van der Waals surface area contributed by atoms with Crippen molar-refractivity contribution in [3.63, 3.8) is 0 Å². The van der Waals surface area contributed by atoms with Crippen molar-refractivity contribution in [2.24, 2.45) is 0 Å². The van der Waals surface area contributed by atoms with Crippen molar-refractivity contribution in [1.82, 2.24) is 4.31 Å². The van der Waals surface area contributed by atoms with Crippen LogP contribution in [-0.4, -0.2) is 37.5 Å². The molecule has 1 aromatic rings. The molecule has 0 fully saturated rings. The van der Waals surface area contributed by atoms with Gasteiger partial charge < -0.3 is 5.11 Å². The zero-order valence-electron chi connectivity index (χ0n) is 10.2. The Kier molecular flexibility index (Phi) is 5.34. The summed E-state index contributed by atoms with van der Waals surface area (Å²) < 4.78 is 24.9. The fraction of sp³-hybridized carbons (Fsp3) is 0.333. The summed E-state index contributed by atoms with van der Waals surface area (Å²) in [5.41, 5.74) is 0.744. The molecule has 0 saturated heterocycles. The third-order valence-corrected chi connectivity index (χ3v) is 4.48. The van der Waals surface area contributed by atoms with Crippen molar-refractivity contribution in [2.75, 3.05) is 13.7 Å². The number of aliphatic hydroxyl groups is 1. The number of hydrogen-bond donors (Lipinski definition) is 1. The maximum Gasteiger partial charge on any atom is 0.236 e. The summed E-state index contributed by atoms with van der Waals surface area (Å²) in [4.78, 5) is 0. The van der Waals surface area contributed by atoms with Gasteiger partial charge in [0, 0.05) is 23.5 Å². The van der Waals surface area contributed by atoms with E-state index in [0.29, 0.717) is 5.02 Å². The van der Waals surface area contributed by atoms with Gasteiger partial charge in [-0.2, -0.15) is 4.31 Å². The highest BCUT2D eigenvalue weighted by Crippen LogP contribution is 2.12. The van der Waals surface area contributed by atoms with Crippen LogP contribution in [0.15, 0.2) is 29.7 Å². The van der Waals surface area contributed by atoms with Gasteiger partial charge in [0.25, 0.3) is 0 Å². The summed E-state index contributed by atoms with van der Waals surface area (Å²) in [5.74, 6) is 0. The Labute approximate surface area is 113 Å². The summed E-state index contributed by atoms with van der Waals surface area (Å²) in [6.07, 6.45) is 1.49. The highest BCUT2D eigenvalue weighted by molar-refractivity contribution is 7.92. The lowest BCUT2D eigenvalue weighted by Gasteiger charge is -2.20. The normalized spacial score (nSPS) is 14.3. The van der Waals surface area contributed by atoms with Crippen molar-refractivity contribution in [2.45, 2.75) is 13.0 Å². The molecular weight excluding hydrogens is 274 g/mol. The molecule has 1 unspecified atom stereocenters. The van der Waals surface area contributed by atoms with Crippen LogP contribution in [0, 0.1) is 0 Å². The first kappa shape index (κ1) is 15.2. The minimum absolute atomic E-state index is 0.218. The second kappa shape index (κ2) is 6.33. The van der Waals surface area contributed by atoms with E-state index in [4.69, 9.17) is 16.7 Å². The maximum atomic E-state index is 11.9. The van der Waals surface area contributed by atoms with Crippen LogP contribution >= 0.6 is 11.6 Å². The average Bonchev–Trinajstić information content (AvgIpc) is 2.36. The SMILES string of the molecule is CC(CO)N(C)S(=O)(=O)/C=C/c1ccc(Cl)cc1. The molecule has 0 amide bonds. The average molecular weight is 290 g/mol. The lowest BCUT2D eigenvalue weighted by atomic mass is 10.2. The number of halogens is 1. The van der Waals surface area contributed by atoms with Gasteiger partial charge in [-0.1, -0.05) is 23.7 Å². The van der Waals surface area contributed by atoms with Crippen molar-refractivity contribution in [1.29, 1.82) is 0 Å². The van der Waals surface area contributed by atoms with Gasteiger partial charge in [-0.25, -0.2) is 8.42 Å². The monoisotopic (exact) mass is 289 g/mol. The predicted octanol–water partition coefficient (Wildman–Crippen LogP) is 1.95. The Balaban J connectivity index is 2.86. The van der Waals surface area contributed by atoms with Crippen LogP contribution in [0.25, 0.3) is 6.08 Å². The van der Waals surface area contributed by atoms with Gasteiger partial charge in [-0.3, -0.25) is 0 Å². The molecule has 1 atom stereocenters. The molecule has 1 N–H and O–H groups in total. The summed E-state index contributed by atoms with van der Waals surface area (Å²) in [5, 5.41) is 10.7. The third-order valence-electron chi connectivity index (χ3n) is 2.59. The Hall–Kier alpha value is -0.880. The first-order valence-corrected chi connectivity index (χ1v) is 7.27. The molecule has 0 heterocycles. The largest absolute Gasteiger partial charge is 0.395 e. The molecule has 100 valence electrons. The summed E-state index contributed by atoms with van der Waals surface area (Å²) in [6, 6.07) is 6.38. The Morgan fingerprint density at radius 2 is 1.94 bits per heavy atom. The van der Waals surface area contributed by atoms with Gasteiger partial charge in [0.15, 0.2) is 0 Å².